The summed E-state index contributed by atoms with van der Waals surface area (Å²) < 4.78 is 18.2. The molecule has 1 fully saturated rings. The zero-order valence-corrected chi connectivity index (χ0v) is 9.53. The van der Waals surface area contributed by atoms with Gasteiger partial charge >= 0.3 is 0 Å². The summed E-state index contributed by atoms with van der Waals surface area (Å²) in [5, 5.41) is 0. The van der Waals surface area contributed by atoms with Crippen LogP contribution in [0.5, 0.6) is 0 Å². The fourth-order valence-corrected chi connectivity index (χ4v) is 2.15. The summed E-state index contributed by atoms with van der Waals surface area (Å²) in [6.45, 7) is 0. The van der Waals surface area contributed by atoms with Gasteiger partial charge in [-0.1, -0.05) is 12.1 Å². The van der Waals surface area contributed by atoms with Crippen molar-refractivity contribution in [3.8, 4) is 0 Å². The van der Waals surface area contributed by atoms with E-state index in [0.29, 0.717) is 5.92 Å². The molecule has 0 amide bonds. The summed E-state index contributed by atoms with van der Waals surface area (Å²) in [7, 11) is 1.72. The third-order valence-electron chi connectivity index (χ3n) is 3.17. The first kappa shape index (κ1) is 11.6. The SMILES string of the molecule is COC(C(N)Cc1ccc(F)cc1)C1CC1. The van der Waals surface area contributed by atoms with Crippen molar-refractivity contribution in [2.24, 2.45) is 11.7 Å². The van der Waals surface area contributed by atoms with Crippen LogP contribution in [0.4, 0.5) is 4.39 Å². The van der Waals surface area contributed by atoms with Crippen LogP contribution in [0.25, 0.3) is 0 Å². The Morgan fingerprint density at radius 3 is 2.50 bits per heavy atom. The number of benzene rings is 1. The maximum absolute atomic E-state index is 12.7. The van der Waals surface area contributed by atoms with E-state index in [1.165, 1.54) is 25.0 Å². The number of ether oxygens (including phenoxy) is 1. The number of methoxy groups -OCH3 is 1. The van der Waals surface area contributed by atoms with Gasteiger partial charge in [0.05, 0.1) is 6.10 Å². The van der Waals surface area contributed by atoms with Gasteiger partial charge in [0.1, 0.15) is 5.82 Å². The van der Waals surface area contributed by atoms with E-state index in [9.17, 15) is 4.39 Å². The normalized spacial score (nSPS) is 19.4. The minimum atomic E-state index is -0.206. The summed E-state index contributed by atoms with van der Waals surface area (Å²) in [4.78, 5) is 0. The number of halogens is 1. The van der Waals surface area contributed by atoms with Crippen LogP contribution in [0.3, 0.4) is 0 Å². The van der Waals surface area contributed by atoms with E-state index < -0.39 is 0 Å². The molecular formula is C13H18FNO. The van der Waals surface area contributed by atoms with Crippen molar-refractivity contribution in [1.82, 2.24) is 0 Å². The fraction of sp³-hybridized carbons (Fsp3) is 0.538. The summed E-state index contributed by atoms with van der Waals surface area (Å²) in [6, 6.07) is 6.52. The van der Waals surface area contributed by atoms with Gasteiger partial charge in [0.2, 0.25) is 0 Å². The maximum atomic E-state index is 12.7. The van der Waals surface area contributed by atoms with E-state index in [1.807, 2.05) is 0 Å². The van der Waals surface area contributed by atoms with Crippen LogP contribution >= 0.6 is 0 Å². The number of rotatable bonds is 5. The molecule has 1 aliphatic carbocycles. The third-order valence-corrected chi connectivity index (χ3v) is 3.17. The molecule has 1 aromatic carbocycles. The Kier molecular flexibility index (Phi) is 3.56. The number of nitrogens with two attached hydrogens (primary N) is 1. The standard InChI is InChI=1S/C13H18FNO/c1-16-13(10-4-5-10)12(15)8-9-2-6-11(14)7-3-9/h2-3,6-7,10,12-13H,4-5,8,15H2,1H3. The molecule has 1 aliphatic rings. The zero-order valence-electron chi connectivity index (χ0n) is 9.53. The lowest BCUT2D eigenvalue weighted by molar-refractivity contribution is 0.0627. The van der Waals surface area contributed by atoms with Crippen LogP contribution in [-0.4, -0.2) is 19.3 Å². The predicted molar refractivity (Wildman–Crippen MR) is 61.6 cm³/mol. The van der Waals surface area contributed by atoms with E-state index in [1.54, 1.807) is 19.2 Å². The van der Waals surface area contributed by atoms with Crippen molar-refractivity contribution < 1.29 is 9.13 Å². The molecule has 88 valence electrons. The molecule has 2 unspecified atom stereocenters. The Labute approximate surface area is 95.6 Å². The second kappa shape index (κ2) is 4.93. The molecule has 0 radical (unpaired) electrons. The third kappa shape index (κ3) is 2.80. The summed E-state index contributed by atoms with van der Waals surface area (Å²) in [5.74, 6) is 0.420. The van der Waals surface area contributed by atoms with Gasteiger partial charge in [-0.05, 0) is 42.9 Å². The molecule has 2 nitrogen and oxygen atoms in total. The van der Waals surface area contributed by atoms with Gasteiger partial charge in [0.15, 0.2) is 0 Å². The molecule has 0 aliphatic heterocycles. The second-order valence-electron chi connectivity index (χ2n) is 4.53. The van der Waals surface area contributed by atoms with E-state index in [2.05, 4.69) is 0 Å². The smallest absolute Gasteiger partial charge is 0.123 e. The molecule has 0 heterocycles. The van der Waals surface area contributed by atoms with Gasteiger partial charge in [0, 0.05) is 13.2 Å². The number of hydrogen-bond donors (Lipinski definition) is 1. The van der Waals surface area contributed by atoms with Crippen LogP contribution < -0.4 is 5.73 Å². The highest BCUT2D eigenvalue weighted by atomic mass is 19.1. The molecule has 16 heavy (non-hydrogen) atoms. The highest BCUT2D eigenvalue weighted by Gasteiger charge is 2.35. The Morgan fingerprint density at radius 1 is 1.38 bits per heavy atom. The summed E-state index contributed by atoms with van der Waals surface area (Å²) >= 11 is 0. The van der Waals surface area contributed by atoms with Crippen LogP contribution in [0.15, 0.2) is 24.3 Å². The summed E-state index contributed by atoms with van der Waals surface area (Å²) in [6.07, 6.45) is 3.32. The minimum Gasteiger partial charge on any atom is -0.380 e. The highest BCUT2D eigenvalue weighted by Crippen LogP contribution is 2.35. The molecule has 2 atom stereocenters. The Balaban J connectivity index is 1.94. The van der Waals surface area contributed by atoms with Gasteiger partial charge in [-0.15, -0.1) is 0 Å². The zero-order chi connectivity index (χ0) is 11.5. The fourth-order valence-electron chi connectivity index (χ4n) is 2.15. The lowest BCUT2D eigenvalue weighted by Gasteiger charge is -2.22. The highest BCUT2D eigenvalue weighted by molar-refractivity contribution is 5.17. The van der Waals surface area contributed by atoms with Crippen molar-refractivity contribution in [3.05, 3.63) is 35.6 Å². The Hall–Kier alpha value is -0.930. The van der Waals surface area contributed by atoms with E-state index in [-0.39, 0.29) is 18.0 Å². The lowest BCUT2D eigenvalue weighted by atomic mass is 9.99. The minimum absolute atomic E-state index is 0.00274. The predicted octanol–water partition coefficient (Wildman–Crippen LogP) is 2.12. The molecule has 2 N–H and O–H groups in total. The molecule has 0 aromatic heterocycles. The van der Waals surface area contributed by atoms with Crippen molar-refractivity contribution in [1.29, 1.82) is 0 Å². The molecule has 2 rings (SSSR count). The van der Waals surface area contributed by atoms with Gasteiger partial charge in [-0.25, -0.2) is 4.39 Å². The Bertz CT molecular complexity index is 334. The first-order valence-electron chi connectivity index (χ1n) is 5.73. The van der Waals surface area contributed by atoms with Crippen LogP contribution in [-0.2, 0) is 11.2 Å². The molecule has 0 spiro atoms. The average molecular weight is 223 g/mol. The van der Waals surface area contributed by atoms with E-state index in [4.69, 9.17) is 10.5 Å². The van der Waals surface area contributed by atoms with Gasteiger partial charge in [-0.3, -0.25) is 0 Å². The van der Waals surface area contributed by atoms with E-state index in [0.717, 1.165) is 12.0 Å². The second-order valence-corrected chi connectivity index (χ2v) is 4.53. The molecule has 0 bridgehead atoms. The van der Waals surface area contributed by atoms with Crippen LogP contribution in [0, 0.1) is 11.7 Å². The van der Waals surface area contributed by atoms with Crippen molar-refractivity contribution in [2.45, 2.75) is 31.4 Å². The first-order valence-corrected chi connectivity index (χ1v) is 5.73. The number of hydrogen-bond acceptors (Lipinski definition) is 2. The summed E-state index contributed by atoms with van der Waals surface area (Å²) in [5.41, 5.74) is 7.19. The quantitative estimate of drug-likeness (QED) is 0.830. The molecule has 3 heteroatoms. The van der Waals surface area contributed by atoms with Gasteiger partial charge < -0.3 is 10.5 Å². The molecular weight excluding hydrogens is 205 g/mol. The monoisotopic (exact) mass is 223 g/mol. The van der Waals surface area contributed by atoms with Crippen molar-refractivity contribution in [3.63, 3.8) is 0 Å². The average Bonchev–Trinajstić information content (AvgIpc) is 3.07. The van der Waals surface area contributed by atoms with Crippen molar-refractivity contribution in [2.75, 3.05) is 7.11 Å². The van der Waals surface area contributed by atoms with Crippen LogP contribution in [0.1, 0.15) is 18.4 Å². The van der Waals surface area contributed by atoms with E-state index >= 15 is 0 Å². The Morgan fingerprint density at radius 2 is 2.00 bits per heavy atom. The molecule has 0 saturated heterocycles. The van der Waals surface area contributed by atoms with Gasteiger partial charge in [-0.2, -0.15) is 0 Å². The largest absolute Gasteiger partial charge is 0.380 e. The lowest BCUT2D eigenvalue weighted by Crippen LogP contribution is -2.39. The van der Waals surface area contributed by atoms with Gasteiger partial charge in [0.25, 0.3) is 0 Å². The van der Waals surface area contributed by atoms with Crippen molar-refractivity contribution >= 4 is 0 Å². The van der Waals surface area contributed by atoms with Crippen LogP contribution in [0.2, 0.25) is 0 Å². The molecule has 1 saturated carbocycles. The topological polar surface area (TPSA) is 35.2 Å². The maximum Gasteiger partial charge on any atom is 0.123 e. The first-order chi connectivity index (χ1) is 7.70. The molecule has 1 aromatic rings.